The summed E-state index contributed by atoms with van der Waals surface area (Å²) in [5.41, 5.74) is 11.0. The third-order valence-electron chi connectivity index (χ3n) is 7.00. The molecule has 0 heterocycles. The zero-order chi connectivity index (χ0) is 41.6. The van der Waals surface area contributed by atoms with Gasteiger partial charge >= 0.3 is 88.7 Å². The number of nitrogens with two attached hydrogens (primary N) is 2. The summed E-state index contributed by atoms with van der Waals surface area (Å²) in [7, 11) is -12.8. The Hall–Kier alpha value is -1.66. The van der Waals surface area contributed by atoms with Crippen molar-refractivity contribution in [2.75, 3.05) is 41.5 Å². The van der Waals surface area contributed by atoms with Gasteiger partial charge in [-0.25, -0.2) is 25.3 Å². The summed E-state index contributed by atoms with van der Waals surface area (Å²) in [5.74, 6) is -1.48. The van der Waals surface area contributed by atoms with Crippen molar-refractivity contribution < 1.29 is 161 Å². The van der Waals surface area contributed by atoms with Crippen molar-refractivity contribution in [3.63, 3.8) is 0 Å². The third-order valence-corrected chi connectivity index (χ3v) is 12.0. The second kappa shape index (κ2) is 28.3. The SMILES string of the molecule is C.Nc1c(N=Nc2ccc(S(=O)(=O)CCOSOO[O-])cc2)cc(S(=O)(=O)[O-])c(N)c1N=Nc1ccc(C(=O)Nc2ccc(S(=O)(=O)CCOSOO[O-])cc2)cc1.[Na+].[Na+].[Na+]. The molecule has 0 saturated heterocycles. The average Bonchev–Trinajstić information content (AvgIpc) is 3.17. The van der Waals surface area contributed by atoms with Crippen molar-refractivity contribution in [1.29, 1.82) is 0 Å². The van der Waals surface area contributed by atoms with Crippen LogP contribution in [-0.4, -0.2) is 60.4 Å². The van der Waals surface area contributed by atoms with Crippen LogP contribution in [0.4, 0.5) is 39.8 Å². The number of carbonyl (C=O) groups is 1. The van der Waals surface area contributed by atoms with Gasteiger partial charge in [0.2, 0.25) is 0 Å². The van der Waals surface area contributed by atoms with Crippen molar-refractivity contribution >= 4 is 100 Å². The maximum Gasteiger partial charge on any atom is 1.00 e. The van der Waals surface area contributed by atoms with Crippen LogP contribution in [0.1, 0.15) is 17.8 Å². The molecule has 4 aromatic rings. The molecule has 0 aromatic heterocycles. The Morgan fingerprint density at radius 2 is 1.10 bits per heavy atom. The van der Waals surface area contributed by atoms with Gasteiger partial charge in [-0.2, -0.15) is 10.2 Å². The van der Waals surface area contributed by atoms with E-state index in [0.717, 1.165) is 6.07 Å². The van der Waals surface area contributed by atoms with E-state index in [-0.39, 0.29) is 178 Å². The van der Waals surface area contributed by atoms with E-state index < -0.39 is 63.5 Å². The van der Waals surface area contributed by atoms with Crippen LogP contribution in [0, 0.1) is 0 Å². The fraction of sp³-hybridized carbons (Fsp3) is 0.167. The van der Waals surface area contributed by atoms with Crippen LogP contribution in [0.25, 0.3) is 0 Å². The maximum atomic E-state index is 12.8. The van der Waals surface area contributed by atoms with Gasteiger partial charge in [0.1, 0.15) is 21.5 Å². The smallest absolute Gasteiger partial charge is 0.744 e. The normalized spacial score (nSPS) is 11.6. The van der Waals surface area contributed by atoms with Gasteiger partial charge in [0.05, 0.1) is 62.2 Å². The maximum absolute atomic E-state index is 12.8. The Morgan fingerprint density at radius 1 is 0.656 bits per heavy atom. The molecule has 0 radical (unpaired) electrons. The fourth-order valence-corrected chi connectivity index (χ4v) is 7.72. The van der Waals surface area contributed by atoms with Gasteiger partial charge in [-0.3, -0.25) is 23.2 Å². The number of amides is 1. The molecule has 5 N–H and O–H groups in total. The molecule has 0 atom stereocenters. The summed E-state index contributed by atoms with van der Waals surface area (Å²) in [4.78, 5) is 11.7. The summed E-state index contributed by atoms with van der Waals surface area (Å²) in [6.45, 7) is -0.641. The number of rotatable bonds is 21. The van der Waals surface area contributed by atoms with E-state index in [2.05, 4.69) is 44.5 Å². The minimum atomic E-state index is -5.19. The zero-order valence-corrected chi connectivity index (χ0v) is 41.4. The minimum absolute atomic E-state index is 0. The summed E-state index contributed by atoms with van der Waals surface area (Å²) in [6.07, 6.45) is 0. The molecule has 314 valence electrons. The van der Waals surface area contributed by atoms with Crippen molar-refractivity contribution in [3.8, 4) is 0 Å². The van der Waals surface area contributed by atoms with E-state index in [9.17, 15) is 45.1 Å². The molecule has 0 aliphatic heterocycles. The molecule has 61 heavy (non-hydrogen) atoms. The van der Waals surface area contributed by atoms with Crippen LogP contribution in [0.15, 0.2) is 114 Å². The first-order valence-electron chi connectivity index (χ1n) is 15.1. The molecule has 0 aliphatic carbocycles. The van der Waals surface area contributed by atoms with Crippen LogP contribution >= 0.6 is 24.6 Å². The average molecular weight is 974 g/mol. The molecule has 1 amide bonds. The van der Waals surface area contributed by atoms with Crippen LogP contribution in [0.3, 0.4) is 0 Å². The number of hydrogen-bond donors (Lipinski definition) is 3. The second-order valence-corrected chi connectivity index (χ2v) is 17.2. The predicted octanol–water partition coefficient (Wildman–Crippen LogP) is -5.36. The first-order valence-corrected chi connectivity index (χ1v) is 21.2. The number of nitrogens with zero attached hydrogens (tertiary/aromatic N) is 4. The molecule has 0 saturated carbocycles. The number of carbonyl (C=O) groups excluding carboxylic acids is 1. The van der Waals surface area contributed by atoms with Gasteiger partial charge in [0.25, 0.3) is 5.91 Å². The standard InChI is InChI=1S/C29H29N7O16S5.CH4.3Na/c30-26-24(35-33-21-7-11-23(12-8-21)56(42,43)16-14-48-54-52-50-39)17-25(57(44,45)46)27(31)28(26)36-34-20-3-1-18(2-4-20)29(37)32-19-5-9-22(10-6-19)55(40,41)15-13-47-53-51-49-38;;;;/h1-12,17,38-39H,13-16,30-31H2,(H,32,37)(H,44,45,46);1H4;;;/q;;3*+1/p-3. The number of hydrogen-bond acceptors (Lipinski definition) is 24. The van der Waals surface area contributed by atoms with Gasteiger partial charge in [-0.1, -0.05) is 7.43 Å². The van der Waals surface area contributed by atoms with Crippen LogP contribution in [0.5, 0.6) is 0 Å². The van der Waals surface area contributed by atoms with Crippen LogP contribution < -0.4 is 116 Å². The molecule has 23 nitrogen and oxygen atoms in total. The van der Waals surface area contributed by atoms with Crippen molar-refractivity contribution in [3.05, 3.63) is 84.4 Å². The molecule has 4 rings (SSSR count). The number of azo groups is 2. The van der Waals surface area contributed by atoms with Crippen molar-refractivity contribution in [2.24, 2.45) is 20.5 Å². The van der Waals surface area contributed by atoms with Gasteiger partial charge in [-0.15, -0.1) is 18.9 Å². The van der Waals surface area contributed by atoms with E-state index in [1.807, 2.05) is 0 Å². The molecule has 0 aliphatic rings. The first-order chi connectivity index (χ1) is 27.1. The monoisotopic (exact) mass is 973 g/mol. The van der Waals surface area contributed by atoms with E-state index >= 15 is 0 Å². The predicted molar refractivity (Wildman–Crippen MR) is 201 cm³/mol. The Bertz CT molecular complexity index is 2420. The second-order valence-electron chi connectivity index (χ2n) is 10.6. The van der Waals surface area contributed by atoms with Gasteiger partial charge < -0.3 is 31.9 Å². The summed E-state index contributed by atoms with van der Waals surface area (Å²) >= 11 is 0.334. The minimum Gasteiger partial charge on any atom is -0.744 e. The Morgan fingerprint density at radius 3 is 1.56 bits per heavy atom. The number of anilines is 3. The van der Waals surface area contributed by atoms with Gasteiger partial charge in [0, 0.05) is 11.3 Å². The molecule has 0 fully saturated rings. The quantitative estimate of drug-likeness (QED) is 0.0103. The number of nitrogen functional groups attached to an aromatic ring is 2. The van der Waals surface area contributed by atoms with E-state index in [1.165, 1.54) is 72.8 Å². The first kappa shape index (κ1) is 59.3. The Labute approximate surface area is 424 Å². The van der Waals surface area contributed by atoms with Crippen LogP contribution in [0.2, 0.25) is 0 Å². The Kier molecular flexibility index (Phi) is 27.5. The fourth-order valence-electron chi connectivity index (χ4n) is 4.28. The number of benzene rings is 4. The van der Waals surface area contributed by atoms with E-state index in [0.29, 0.717) is 0 Å². The van der Waals surface area contributed by atoms with Crippen molar-refractivity contribution in [1.82, 2.24) is 0 Å². The van der Waals surface area contributed by atoms with Gasteiger partial charge in [-0.05, 0) is 78.9 Å². The van der Waals surface area contributed by atoms with Gasteiger partial charge in [0.15, 0.2) is 44.3 Å². The number of nitrogens with one attached hydrogen (secondary N) is 1. The summed E-state index contributed by atoms with van der Waals surface area (Å²) < 4.78 is 103. The largest absolute Gasteiger partial charge is 1.00 e. The Balaban J connectivity index is 0.00000900. The molecular formula is C30H30N7Na3O16S5. The third kappa shape index (κ3) is 18.4. The van der Waals surface area contributed by atoms with Crippen molar-refractivity contribution in [2.45, 2.75) is 22.1 Å². The topological polar surface area (TPSA) is 358 Å². The molecule has 0 bridgehead atoms. The number of sulfone groups is 2. The molecule has 31 heteroatoms. The molecular weight excluding hydrogens is 944 g/mol. The van der Waals surface area contributed by atoms with E-state index in [1.54, 1.807) is 0 Å². The zero-order valence-electron chi connectivity index (χ0n) is 31.4. The molecule has 0 spiro atoms. The molecule has 0 unspecified atom stereocenters. The van der Waals surface area contributed by atoms with Crippen LogP contribution in [-0.2, 0) is 56.9 Å². The van der Waals surface area contributed by atoms with E-state index in [4.69, 9.17) is 19.8 Å². The molecule has 4 aromatic carbocycles. The summed E-state index contributed by atoms with van der Waals surface area (Å²) in [6, 6.07) is 16.5. The summed E-state index contributed by atoms with van der Waals surface area (Å²) in [5, 5.41) is 43.9.